The molecule has 0 aromatic heterocycles. The topological polar surface area (TPSA) is 78.9 Å². The van der Waals surface area contributed by atoms with Crippen molar-refractivity contribution < 1.29 is 28.6 Å². The van der Waals surface area contributed by atoms with Gasteiger partial charge < -0.3 is 14.2 Å². The summed E-state index contributed by atoms with van der Waals surface area (Å²) in [6.45, 7) is 6.76. The Morgan fingerprint density at radius 2 is 0.329 bits per heavy atom. The van der Waals surface area contributed by atoms with Crippen LogP contribution in [0.3, 0.4) is 0 Å². The third-order valence-corrected chi connectivity index (χ3v) is 17.9. The molecule has 0 aliphatic rings. The lowest BCUT2D eigenvalue weighted by Gasteiger charge is -2.18. The molecule has 0 amide bonds. The molecule has 0 aliphatic heterocycles. The van der Waals surface area contributed by atoms with Crippen molar-refractivity contribution in [1.29, 1.82) is 0 Å². The third-order valence-electron chi connectivity index (χ3n) is 17.9. The Morgan fingerprint density at radius 1 is 0.195 bits per heavy atom. The predicted octanol–water partition coefficient (Wildman–Crippen LogP) is 26.2. The van der Waals surface area contributed by atoms with Crippen molar-refractivity contribution in [3.63, 3.8) is 0 Å². The van der Waals surface area contributed by atoms with Crippen LogP contribution in [0.5, 0.6) is 0 Å². The van der Waals surface area contributed by atoms with Gasteiger partial charge in [-0.25, -0.2) is 0 Å². The third kappa shape index (κ3) is 69.2. The predicted molar refractivity (Wildman–Crippen MR) is 358 cm³/mol. The Labute approximate surface area is 514 Å². The molecule has 6 heteroatoms. The van der Waals surface area contributed by atoms with E-state index in [0.29, 0.717) is 19.3 Å². The summed E-state index contributed by atoms with van der Waals surface area (Å²) in [5, 5.41) is 0. The van der Waals surface area contributed by atoms with Gasteiger partial charge >= 0.3 is 17.9 Å². The smallest absolute Gasteiger partial charge is 0.306 e. The molecule has 0 N–H and O–H groups in total. The molecule has 0 fully saturated rings. The molecule has 0 aliphatic carbocycles. The summed E-state index contributed by atoms with van der Waals surface area (Å²) >= 11 is 0. The molecule has 6 nitrogen and oxygen atoms in total. The first kappa shape index (κ1) is 80.4. The van der Waals surface area contributed by atoms with Crippen molar-refractivity contribution in [2.24, 2.45) is 0 Å². The van der Waals surface area contributed by atoms with Gasteiger partial charge in [-0.1, -0.05) is 412 Å². The van der Waals surface area contributed by atoms with Crippen molar-refractivity contribution in [1.82, 2.24) is 0 Å². The van der Waals surface area contributed by atoms with Crippen molar-refractivity contribution >= 4 is 17.9 Å². The number of hydrogen-bond donors (Lipinski definition) is 0. The Kier molecular flexibility index (Phi) is 70.5. The number of rotatable bonds is 72. The molecule has 0 saturated heterocycles. The van der Waals surface area contributed by atoms with Crippen LogP contribution < -0.4 is 0 Å². The van der Waals surface area contributed by atoms with Gasteiger partial charge in [0.05, 0.1) is 0 Å². The second kappa shape index (κ2) is 71.9. The summed E-state index contributed by atoms with van der Waals surface area (Å²) in [5.41, 5.74) is 0. The van der Waals surface area contributed by atoms with Gasteiger partial charge in [0.1, 0.15) is 13.2 Å². The summed E-state index contributed by atoms with van der Waals surface area (Å²) in [4.78, 5) is 38.5. The van der Waals surface area contributed by atoms with E-state index in [9.17, 15) is 14.4 Å². The maximum absolute atomic E-state index is 13.0. The van der Waals surface area contributed by atoms with E-state index in [1.54, 1.807) is 0 Å². The van der Waals surface area contributed by atoms with E-state index in [0.717, 1.165) is 57.8 Å². The molecule has 1 unspecified atom stereocenters. The number of ether oxygens (including phenoxy) is 3. The summed E-state index contributed by atoms with van der Waals surface area (Å²) in [7, 11) is 0. The number of carbonyl (C=O) groups is 3. The average Bonchev–Trinajstić information content (AvgIpc) is 3.47. The van der Waals surface area contributed by atoms with Crippen molar-refractivity contribution in [2.75, 3.05) is 13.2 Å². The normalized spacial score (nSPS) is 11.9. The minimum Gasteiger partial charge on any atom is -0.462 e. The zero-order chi connectivity index (χ0) is 59.2. The lowest BCUT2D eigenvalue weighted by atomic mass is 10.0. The highest BCUT2D eigenvalue weighted by Crippen LogP contribution is 2.20. The standard InChI is InChI=1S/C76H148O6/c1-4-7-10-13-16-19-22-25-28-31-33-35-36-37-38-39-40-42-43-45-48-51-54-57-60-63-66-69-75(78)81-72-73(71-80-74(77)68-65-62-59-56-53-50-47-30-27-24-21-18-15-12-9-6-3)82-76(79)70-67-64-61-58-55-52-49-46-44-41-34-32-29-26-23-20-17-14-11-8-5-2/h73H,4-72H2,1-3H3. The zero-order valence-corrected chi connectivity index (χ0v) is 56.3. The summed E-state index contributed by atoms with van der Waals surface area (Å²) < 4.78 is 17.1. The minimum atomic E-state index is -0.764. The van der Waals surface area contributed by atoms with Crippen LogP contribution in [0.25, 0.3) is 0 Å². The van der Waals surface area contributed by atoms with Crippen LogP contribution in [-0.4, -0.2) is 37.2 Å². The fourth-order valence-electron chi connectivity index (χ4n) is 12.2. The maximum atomic E-state index is 13.0. The van der Waals surface area contributed by atoms with Crippen LogP contribution in [0, 0.1) is 0 Å². The van der Waals surface area contributed by atoms with E-state index in [1.165, 1.54) is 353 Å². The lowest BCUT2D eigenvalue weighted by Crippen LogP contribution is -2.30. The van der Waals surface area contributed by atoms with Crippen LogP contribution >= 0.6 is 0 Å². The molecule has 0 aromatic carbocycles. The van der Waals surface area contributed by atoms with Crippen LogP contribution in [0.15, 0.2) is 0 Å². The van der Waals surface area contributed by atoms with E-state index in [-0.39, 0.29) is 31.1 Å². The molecule has 0 bridgehead atoms. The van der Waals surface area contributed by atoms with Crippen LogP contribution in [-0.2, 0) is 28.6 Å². The SMILES string of the molecule is CCCCCCCCCCCCCCCCCCCCCCCCCCCCCC(=O)OCC(COC(=O)CCCCCCCCCCCCCCCCCC)OC(=O)CCCCCCCCCCCCCCCCCCCCCCC. The monoisotopic (exact) mass is 1160 g/mol. The van der Waals surface area contributed by atoms with E-state index in [4.69, 9.17) is 14.2 Å². The fraction of sp³-hybridized carbons (Fsp3) is 0.961. The van der Waals surface area contributed by atoms with E-state index < -0.39 is 6.10 Å². The van der Waals surface area contributed by atoms with Gasteiger partial charge in [-0.2, -0.15) is 0 Å². The van der Waals surface area contributed by atoms with Gasteiger partial charge in [-0.05, 0) is 19.3 Å². The molecular formula is C76H148O6. The molecule has 0 radical (unpaired) electrons. The first-order valence-corrected chi connectivity index (χ1v) is 38.0. The number of carbonyl (C=O) groups excluding carboxylic acids is 3. The Bertz CT molecular complexity index is 1240. The summed E-state index contributed by atoms with van der Waals surface area (Å²) in [5.74, 6) is -0.814. The van der Waals surface area contributed by atoms with Crippen LogP contribution in [0.4, 0.5) is 0 Å². The molecular weight excluding hydrogens is 1010 g/mol. The Hall–Kier alpha value is -1.59. The van der Waals surface area contributed by atoms with Gasteiger partial charge in [-0.15, -0.1) is 0 Å². The van der Waals surface area contributed by atoms with Crippen LogP contribution in [0.2, 0.25) is 0 Å². The Balaban J connectivity index is 4.20. The molecule has 0 aromatic rings. The number of unbranched alkanes of at least 4 members (excludes halogenated alkanes) is 61. The Morgan fingerprint density at radius 3 is 0.488 bits per heavy atom. The largest absolute Gasteiger partial charge is 0.462 e. The van der Waals surface area contributed by atoms with E-state index in [1.807, 2.05) is 0 Å². The first-order valence-electron chi connectivity index (χ1n) is 38.0. The van der Waals surface area contributed by atoms with E-state index >= 15 is 0 Å². The number of esters is 3. The zero-order valence-electron chi connectivity index (χ0n) is 56.3. The fourth-order valence-corrected chi connectivity index (χ4v) is 12.2. The molecule has 0 heterocycles. The second-order valence-electron chi connectivity index (χ2n) is 26.3. The minimum absolute atomic E-state index is 0.0598. The molecule has 0 spiro atoms. The van der Waals surface area contributed by atoms with Crippen molar-refractivity contribution in [3.05, 3.63) is 0 Å². The van der Waals surface area contributed by atoms with Crippen molar-refractivity contribution in [2.45, 2.75) is 457 Å². The number of hydrogen-bond acceptors (Lipinski definition) is 6. The molecule has 82 heavy (non-hydrogen) atoms. The van der Waals surface area contributed by atoms with E-state index in [2.05, 4.69) is 20.8 Å². The van der Waals surface area contributed by atoms with Gasteiger partial charge in [0.15, 0.2) is 6.10 Å². The van der Waals surface area contributed by atoms with Crippen molar-refractivity contribution in [3.8, 4) is 0 Å². The first-order chi connectivity index (χ1) is 40.5. The van der Waals surface area contributed by atoms with Crippen LogP contribution in [0.1, 0.15) is 451 Å². The maximum Gasteiger partial charge on any atom is 0.306 e. The van der Waals surface area contributed by atoms with Gasteiger partial charge in [0.25, 0.3) is 0 Å². The quantitative estimate of drug-likeness (QED) is 0.0343. The summed E-state index contributed by atoms with van der Waals surface area (Å²) in [6, 6.07) is 0. The lowest BCUT2D eigenvalue weighted by molar-refractivity contribution is -0.167. The molecule has 1 atom stereocenters. The molecule has 0 saturated carbocycles. The van der Waals surface area contributed by atoms with Gasteiger partial charge in [0, 0.05) is 19.3 Å². The highest BCUT2D eigenvalue weighted by molar-refractivity contribution is 5.71. The highest BCUT2D eigenvalue weighted by Gasteiger charge is 2.20. The summed E-state index contributed by atoms with van der Waals surface area (Å²) in [6.07, 6.45) is 85.8. The van der Waals surface area contributed by atoms with Gasteiger partial charge in [0.2, 0.25) is 0 Å². The average molecular weight is 1160 g/mol. The van der Waals surface area contributed by atoms with Gasteiger partial charge in [-0.3, -0.25) is 14.4 Å². The molecule has 0 rings (SSSR count). The molecule has 488 valence electrons. The highest BCUT2D eigenvalue weighted by atomic mass is 16.6. The second-order valence-corrected chi connectivity index (χ2v) is 26.3.